The molecule has 8 nitrogen and oxygen atoms in total. The highest BCUT2D eigenvalue weighted by atomic mass is 32.2. The summed E-state index contributed by atoms with van der Waals surface area (Å²) in [5, 5.41) is 16.9. The van der Waals surface area contributed by atoms with Crippen molar-refractivity contribution in [2.24, 2.45) is 15.9 Å². The van der Waals surface area contributed by atoms with Gasteiger partial charge in [0.15, 0.2) is 0 Å². The second kappa shape index (κ2) is 6.90. The number of rotatable bonds is 6. The minimum Gasteiger partial charge on any atom is -0.480 e. The van der Waals surface area contributed by atoms with E-state index in [1.54, 1.807) is 0 Å². The van der Waals surface area contributed by atoms with Crippen LogP contribution in [-0.2, 0) is 9.59 Å². The SMILES string of the molecule is CN(CC(=O)O)/C(N)=N/SC[C@@H](N)C(=O)O. The third kappa shape index (κ3) is 6.09. The summed E-state index contributed by atoms with van der Waals surface area (Å²) in [6.07, 6.45) is 0. The van der Waals surface area contributed by atoms with Gasteiger partial charge in [0.05, 0.1) is 0 Å². The molecule has 16 heavy (non-hydrogen) atoms. The van der Waals surface area contributed by atoms with E-state index >= 15 is 0 Å². The van der Waals surface area contributed by atoms with Gasteiger partial charge in [-0.15, -0.1) is 0 Å². The van der Waals surface area contributed by atoms with Gasteiger partial charge in [-0.05, 0) is 11.9 Å². The highest BCUT2D eigenvalue weighted by Crippen LogP contribution is 2.04. The van der Waals surface area contributed by atoms with Crippen LogP contribution in [0.1, 0.15) is 0 Å². The summed E-state index contributed by atoms with van der Waals surface area (Å²) in [6, 6.07) is -1.02. The second-order valence-electron chi connectivity index (χ2n) is 2.94. The highest BCUT2D eigenvalue weighted by Gasteiger charge is 2.11. The fourth-order valence-corrected chi connectivity index (χ4v) is 1.26. The van der Waals surface area contributed by atoms with E-state index in [0.29, 0.717) is 0 Å². The van der Waals surface area contributed by atoms with E-state index in [1.807, 2.05) is 0 Å². The van der Waals surface area contributed by atoms with Crippen molar-refractivity contribution >= 4 is 29.8 Å². The molecular weight excluding hydrogens is 236 g/mol. The van der Waals surface area contributed by atoms with Gasteiger partial charge in [0.1, 0.15) is 12.6 Å². The second-order valence-corrected chi connectivity index (χ2v) is 3.71. The first kappa shape index (κ1) is 14.5. The van der Waals surface area contributed by atoms with Crippen LogP contribution in [0.4, 0.5) is 0 Å². The van der Waals surface area contributed by atoms with Crippen LogP contribution in [0.3, 0.4) is 0 Å². The molecule has 0 saturated carbocycles. The third-order valence-corrected chi connectivity index (χ3v) is 2.32. The van der Waals surface area contributed by atoms with Crippen molar-refractivity contribution in [2.75, 3.05) is 19.3 Å². The number of carboxylic acid groups (broad SMARTS) is 2. The van der Waals surface area contributed by atoms with Gasteiger partial charge in [0.2, 0.25) is 5.96 Å². The Morgan fingerprint density at radius 3 is 2.50 bits per heavy atom. The number of aliphatic carboxylic acids is 2. The summed E-state index contributed by atoms with van der Waals surface area (Å²) in [6.45, 7) is -0.277. The van der Waals surface area contributed by atoms with Crippen LogP contribution in [0.15, 0.2) is 4.40 Å². The molecule has 0 aliphatic heterocycles. The average Bonchev–Trinajstić information content (AvgIpc) is 2.15. The third-order valence-electron chi connectivity index (χ3n) is 1.49. The normalized spacial score (nSPS) is 13.2. The summed E-state index contributed by atoms with van der Waals surface area (Å²) < 4.78 is 3.73. The Morgan fingerprint density at radius 1 is 1.50 bits per heavy atom. The van der Waals surface area contributed by atoms with Crippen LogP contribution >= 0.6 is 11.9 Å². The van der Waals surface area contributed by atoms with Gasteiger partial charge >= 0.3 is 11.9 Å². The Bertz CT molecular complexity index is 296. The molecule has 0 fully saturated rings. The Morgan fingerprint density at radius 2 is 2.06 bits per heavy atom. The molecule has 0 saturated heterocycles. The molecule has 0 amide bonds. The zero-order chi connectivity index (χ0) is 12.7. The molecule has 1 atom stereocenters. The van der Waals surface area contributed by atoms with Crippen LogP contribution in [0.25, 0.3) is 0 Å². The summed E-state index contributed by atoms with van der Waals surface area (Å²) >= 11 is 0.876. The Balaban J connectivity index is 4.04. The van der Waals surface area contributed by atoms with Crippen molar-refractivity contribution in [1.82, 2.24) is 4.90 Å². The molecule has 0 aromatic carbocycles. The van der Waals surface area contributed by atoms with Gasteiger partial charge in [-0.1, -0.05) is 0 Å². The molecule has 0 aromatic rings. The van der Waals surface area contributed by atoms with Gasteiger partial charge in [0.25, 0.3) is 0 Å². The number of likely N-dealkylation sites (N-methyl/N-ethyl adjacent to an activating group) is 1. The zero-order valence-corrected chi connectivity index (χ0v) is 9.48. The van der Waals surface area contributed by atoms with E-state index in [0.717, 1.165) is 11.9 Å². The minimum atomic E-state index is -1.12. The lowest BCUT2D eigenvalue weighted by Crippen LogP contribution is -2.37. The molecule has 0 spiro atoms. The van der Waals surface area contributed by atoms with E-state index in [1.165, 1.54) is 11.9 Å². The number of guanidine groups is 1. The molecule has 0 heterocycles. The van der Waals surface area contributed by atoms with Crippen molar-refractivity contribution < 1.29 is 19.8 Å². The quantitative estimate of drug-likeness (QED) is 0.250. The molecule has 0 unspecified atom stereocenters. The Labute approximate surface area is 96.4 Å². The lowest BCUT2D eigenvalue weighted by molar-refractivity contribution is -0.138. The molecule has 0 aromatic heterocycles. The fourth-order valence-electron chi connectivity index (χ4n) is 0.609. The first-order chi connectivity index (χ1) is 7.34. The fraction of sp³-hybridized carbons (Fsp3) is 0.571. The number of carbonyl (C=O) groups is 2. The Kier molecular flexibility index (Phi) is 6.27. The van der Waals surface area contributed by atoms with E-state index in [4.69, 9.17) is 21.7 Å². The smallest absolute Gasteiger partial charge is 0.323 e. The molecule has 9 heteroatoms. The maximum atomic E-state index is 10.3. The van der Waals surface area contributed by atoms with Crippen LogP contribution in [-0.4, -0.2) is 58.4 Å². The van der Waals surface area contributed by atoms with Gasteiger partial charge in [0, 0.05) is 12.8 Å². The maximum absolute atomic E-state index is 10.3. The van der Waals surface area contributed by atoms with Gasteiger partial charge < -0.3 is 26.6 Å². The lowest BCUT2D eigenvalue weighted by atomic mass is 10.4. The van der Waals surface area contributed by atoms with E-state index in [2.05, 4.69) is 4.40 Å². The first-order valence-electron chi connectivity index (χ1n) is 4.21. The van der Waals surface area contributed by atoms with Gasteiger partial charge in [-0.2, -0.15) is 4.40 Å². The molecule has 0 radical (unpaired) electrons. The van der Waals surface area contributed by atoms with Crippen LogP contribution in [0, 0.1) is 0 Å². The standard InChI is InChI=1S/C7H14N4O4S/c1-11(2-5(12)13)7(9)10-16-3-4(8)6(14)15/h4H,2-3,8H2,1H3,(H2,9,10)(H,12,13)(H,14,15)/t4-/m1/s1. The van der Waals surface area contributed by atoms with Crippen LogP contribution in [0.2, 0.25) is 0 Å². The van der Waals surface area contributed by atoms with E-state index in [9.17, 15) is 9.59 Å². The lowest BCUT2D eigenvalue weighted by Gasteiger charge is -2.14. The zero-order valence-electron chi connectivity index (χ0n) is 8.66. The van der Waals surface area contributed by atoms with Crippen LogP contribution in [0.5, 0.6) is 0 Å². The predicted molar refractivity (Wildman–Crippen MR) is 60.0 cm³/mol. The first-order valence-corrected chi connectivity index (χ1v) is 5.15. The number of hydrogen-bond donors (Lipinski definition) is 4. The number of carboxylic acids is 2. The Hall–Kier alpha value is -1.48. The monoisotopic (exact) mass is 250 g/mol. The molecule has 0 bridgehead atoms. The minimum absolute atomic E-state index is 0.00462. The molecule has 0 rings (SSSR count). The molecule has 0 aliphatic carbocycles. The summed E-state index contributed by atoms with van der Waals surface area (Å²) in [4.78, 5) is 21.9. The average molecular weight is 250 g/mol. The van der Waals surface area contributed by atoms with Gasteiger partial charge in [-0.3, -0.25) is 9.59 Å². The van der Waals surface area contributed by atoms with Crippen LogP contribution < -0.4 is 11.5 Å². The predicted octanol–water partition coefficient (Wildman–Crippen LogP) is -1.62. The topological polar surface area (TPSA) is 142 Å². The molecule has 0 aliphatic rings. The van der Waals surface area contributed by atoms with Crippen molar-refractivity contribution in [2.45, 2.75) is 6.04 Å². The molecular formula is C7H14N4O4S. The largest absolute Gasteiger partial charge is 0.480 e. The maximum Gasteiger partial charge on any atom is 0.323 e. The summed E-state index contributed by atoms with van der Waals surface area (Å²) in [5.41, 5.74) is 10.7. The van der Waals surface area contributed by atoms with Crippen molar-refractivity contribution in [3.8, 4) is 0 Å². The summed E-state index contributed by atoms with van der Waals surface area (Å²) in [5.74, 6) is -2.09. The number of nitrogens with two attached hydrogens (primary N) is 2. The summed E-state index contributed by atoms with van der Waals surface area (Å²) in [7, 11) is 1.46. The molecule has 6 N–H and O–H groups in total. The van der Waals surface area contributed by atoms with Crippen molar-refractivity contribution in [3.63, 3.8) is 0 Å². The van der Waals surface area contributed by atoms with Crippen molar-refractivity contribution in [3.05, 3.63) is 0 Å². The number of nitrogens with zero attached hydrogens (tertiary/aromatic N) is 2. The van der Waals surface area contributed by atoms with E-state index < -0.39 is 18.0 Å². The van der Waals surface area contributed by atoms with Gasteiger partial charge in [-0.25, -0.2) is 0 Å². The highest BCUT2D eigenvalue weighted by molar-refractivity contribution is 7.98. The number of hydrogen-bond acceptors (Lipinski definition) is 5. The molecule has 92 valence electrons. The van der Waals surface area contributed by atoms with Crippen molar-refractivity contribution in [1.29, 1.82) is 0 Å². The van der Waals surface area contributed by atoms with E-state index in [-0.39, 0.29) is 18.3 Å².